The third kappa shape index (κ3) is 4.02. The van der Waals surface area contributed by atoms with E-state index in [1.807, 2.05) is 32.0 Å². The molecule has 6 rings (SSSR count). The van der Waals surface area contributed by atoms with E-state index in [9.17, 15) is 19.5 Å². The van der Waals surface area contributed by atoms with Crippen LogP contribution in [0.5, 0.6) is 5.75 Å². The predicted molar refractivity (Wildman–Crippen MR) is 149 cm³/mol. The highest BCUT2D eigenvalue weighted by atomic mass is 16.5. The molecule has 9 nitrogen and oxygen atoms in total. The van der Waals surface area contributed by atoms with Crippen molar-refractivity contribution in [3.8, 4) is 5.75 Å². The smallest absolute Gasteiger partial charge is 0.296 e. The zero-order chi connectivity index (χ0) is 28.0. The van der Waals surface area contributed by atoms with Crippen molar-refractivity contribution in [2.24, 2.45) is 0 Å². The van der Waals surface area contributed by atoms with Gasteiger partial charge in [-0.25, -0.2) is 0 Å². The molecule has 0 radical (unpaired) electrons. The number of hydrogen-bond donors (Lipinski definition) is 1. The minimum absolute atomic E-state index is 0.00826. The number of anilines is 1. The number of para-hydroxylation sites is 1. The van der Waals surface area contributed by atoms with Crippen LogP contribution in [0.1, 0.15) is 43.4 Å². The maximum atomic E-state index is 14.5. The molecule has 2 aromatic rings. The number of likely N-dealkylation sites (tertiary alicyclic amines) is 1. The van der Waals surface area contributed by atoms with Crippen molar-refractivity contribution in [1.29, 1.82) is 0 Å². The van der Waals surface area contributed by atoms with Gasteiger partial charge in [-0.2, -0.15) is 0 Å². The van der Waals surface area contributed by atoms with Crippen LogP contribution in [0, 0.1) is 0 Å². The van der Waals surface area contributed by atoms with Crippen LogP contribution >= 0.6 is 0 Å². The number of aliphatic hydroxyl groups excluding tert-OH is 1. The zero-order valence-electron chi connectivity index (χ0n) is 23.0. The molecule has 1 N–H and O–H groups in total. The van der Waals surface area contributed by atoms with Gasteiger partial charge in [0.2, 0.25) is 0 Å². The average molecular weight is 546 g/mol. The Morgan fingerprint density at radius 3 is 2.60 bits per heavy atom. The first kappa shape index (κ1) is 26.5. The van der Waals surface area contributed by atoms with Crippen molar-refractivity contribution in [1.82, 2.24) is 9.80 Å². The van der Waals surface area contributed by atoms with Gasteiger partial charge in [-0.3, -0.25) is 19.3 Å². The Hall–Kier alpha value is -3.69. The van der Waals surface area contributed by atoms with E-state index in [4.69, 9.17) is 9.47 Å². The van der Waals surface area contributed by atoms with Crippen LogP contribution in [0.2, 0.25) is 0 Å². The molecule has 1 spiro atoms. The van der Waals surface area contributed by atoms with Crippen molar-refractivity contribution < 1.29 is 29.0 Å². The highest BCUT2D eigenvalue weighted by Crippen LogP contribution is 2.53. The maximum Gasteiger partial charge on any atom is 0.296 e. The van der Waals surface area contributed by atoms with E-state index < -0.39 is 17.2 Å². The lowest BCUT2D eigenvalue weighted by Gasteiger charge is -2.35. The standard InChI is InChI=1S/C31H35N3O6/c1-3-11-33-24-8-5-4-7-23(24)31(30(33)38)26(27(35)21-9-10-25-22(19-21)18-20(2)40-25)28(36)29(37)34(31)13-6-12-32-14-16-39-17-15-32/h4-5,7-10,19-20,35H,3,6,11-18H2,1-2H3/t20-,31+/m1/s1. The van der Waals surface area contributed by atoms with Crippen LogP contribution in [0.4, 0.5) is 5.69 Å². The second kappa shape index (κ2) is 10.4. The number of carbonyl (C=O) groups is 3. The summed E-state index contributed by atoms with van der Waals surface area (Å²) in [6.45, 7) is 8.22. The minimum Gasteiger partial charge on any atom is -0.507 e. The summed E-state index contributed by atoms with van der Waals surface area (Å²) in [6, 6.07) is 12.6. The highest BCUT2D eigenvalue weighted by Gasteiger charge is 2.66. The fourth-order valence-electron chi connectivity index (χ4n) is 6.60. The number of carbonyl (C=O) groups excluding carboxylic acids is 3. The number of rotatable bonds is 7. The second-order valence-electron chi connectivity index (χ2n) is 11.0. The van der Waals surface area contributed by atoms with Crippen LogP contribution in [0.3, 0.4) is 0 Å². The van der Waals surface area contributed by atoms with Gasteiger partial charge in [-0.15, -0.1) is 0 Å². The van der Waals surface area contributed by atoms with Crippen molar-refractivity contribution in [3.05, 3.63) is 64.7 Å². The zero-order valence-corrected chi connectivity index (χ0v) is 23.0. The Balaban J connectivity index is 1.48. The summed E-state index contributed by atoms with van der Waals surface area (Å²) in [5.74, 6) is -1.57. The predicted octanol–water partition coefficient (Wildman–Crippen LogP) is 3.06. The Bertz CT molecular complexity index is 1400. The third-order valence-corrected chi connectivity index (χ3v) is 8.39. The molecular weight excluding hydrogens is 510 g/mol. The van der Waals surface area contributed by atoms with Gasteiger partial charge < -0.3 is 24.4 Å². The van der Waals surface area contributed by atoms with Gasteiger partial charge in [-0.1, -0.05) is 25.1 Å². The van der Waals surface area contributed by atoms with Gasteiger partial charge in [0.05, 0.1) is 24.5 Å². The first-order valence-electron chi connectivity index (χ1n) is 14.2. The summed E-state index contributed by atoms with van der Waals surface area (Å²) >= 11 is 0. The first-order valence-corrected chi connectivity index (χ1v) is 14.2. The lowest BCUT2D eigenvalue weighted by atomic mass is 9.81. The molecule has 4 heterocycles. The molecule has 0 saturated carbocycles. The van der Waals surface area contributed by atoms with Gasteiger partial charge >= 0.3 is 0 Å². The monoisotopic (exact) mass is 545 g/mol. The number of amides is 2. The number of fused-ring (bicyclic) bond motifs is 3. The molecule has 9 heteroatoms. The number of benzene rings is 2. The topological polar surface area (TPSA) is 99.6 Å². The van der Waals surface area contributed by atoms with E-state index in [-0.39, 0.29) is 29.9 Å². The molecule has 210 valence electrons. The number of morpholine rings is 1. The Morgan fingerprint density at radius 2 is 1.82 bits per heavy atom. The molecule has 0 bridgehead atoms. The van der Waals surface area contributed by atoms with Gasteiger partial charge in [0.1, 0.15) is 17.6 Å². The number of ketones is 1. The summed E-state index contributed by atoms with van der Waals surface area (Å²) in [7, 11) is 0. The summed E-state index contributed by atoms with van der Waals surface area (Å²) in [5.41, 5.74) is 0.636. The molecule has 0 aliphatic carbocycles. The number of ether oxygens (including phenoxy) is 2. The molecule has 2 amide bonds. The number of aliphatic hydroxyl groups is 1. The molecule has 40 heavy (non-hydrogen) atoms. The van der Waals surface area contributed by atoms with E-state index in [0.717, 1.165) is 24.4 Å². The fraction of sp³-hybridized carbons (Fsp3) is 0.452. The molecule has 2 saturated heterocycles. The Labute approximate surface area is 233 Å². The van der Waals surface area contributed by atoms with Crippen LogP contribution in [-0.4, -0.2) is 84.5 Å². The fourth-order valence-corrected chi connectivity index (χ4v) is 6.60. The van der Waals surface area contributed by atoms with Crippen LogP contribution in [-0.2, 0) is 31.1 Å². The molecule has 4 aliphatic heterocycles. The lowest BCUT2D eigenvalue weighted by Crippen LogP contribution is -2.52. The van der Waals surface area contributed by atoms with Gasteiger partial charge in [0, 0.05) is 50.3 Å². The molecule has 4 aliphatic rings. The second-order valence-corrected chi connectivity index (χ2v) is 11.0. The first-order chi connectivity index (χ1) is 19.4. The van der Waals surface area contributed by atoms with Gasteiger partial charge in [0.25, 0.3) is 17.6 Å². The number of Topliss-reactive ketones (excluding diaryl/α,β-unsaturated/α-hetero) is 1. The number of hydrogen-bond acceptors (Lipinski definition) is 7. The number of nitrogens with zero attached hydrogens (tertiary/aromatic N) is 3. The molecule has 0 aromatic heterocycles. The lowest BCUT2D eigenvalue weighted by molar-refractivity contribution is -0.143. The Kier molecular flexibility index (Phi) is 6.88. The summed E-state index contributed by atoms with van der Waals surface area (Å²) in [6.07, 6.45) is 1.95. The van der Waals surface area contributed by atoms with Crippen molar-refractivity contribution in [3.63, 3.8) is 0 Å². The summed E-state index contributed by atoms with van der Waals surface area (Å²) < 4.78 is 11.3. The van der Waals surface area contributed by atoms with E-state index >= 15 is 0 Å². The molecular formula is C31H35N3O6. The normalized spacial score (nSPS) is 25.6. The summed E-state index contributed by atoms with van der Waals surface area (Å²) in [5, 5.41) is 11.8. The largest absolute Gasteiger partial charge is 0.507 e. The van der Waals surface area contributed by atoms with Crippen LogP contribution in [0.15, 0.2) is 48.0 Å². The highest BCUT2D eigenvalue weighted by molar-refractivity contribution is 6.50. The molecule has 2 aromatic carbocycles. The average Bonchev–Trinajstić information content (AvgIpc) is 3.53. The minimum atomic E-state index is -1.72. The van der Waals surface area contributed by atoms with Crippen molar-refractivity contribution in [2.45, 2.75) is 44.8 Å². The van der Waals surface area contributed by atoms with E-state index in [1.54, 1.807) is 29.2 Å². The van der Waals surface area contributed by atoms with Crippen LogP contribution in [0.25, 0.3) is 5.76 Å². The molecule has 2 atom stereocenters. The van der Waals surface area contributed by atoms with Crippen LogP contribution < -0.4 is 9.64 Å². The molecule has 0 unspecified atom stereocenters. The van der Waals surface area contributed by atoms with Gasteiger partial charge in [-0.05, 0) is 49.6 Å². The quantitative estimate of drug-likeness (QED) is 0.324. The SMILES string of the molecule is CCCN1C(=O)[C@@]2(C(=C(O)c3ccc4c(c3)C[C@@H](C)O4)C(=O)C(=O)N2CCCN2CCOCC2)c2ccccc21. The van der Waals surface area contributed by atoms with E-state index in [0.29, 0.717) is 62.4 Å². The maximum absolute atomic E-state index is 14.5. The van der Waals surface area contributed by atoms with Gasteiger partial charge in [0.15, 0.2) is 5.54 Å². The molecule has 2 fully saturated rings. The van der Waals surface area contributed by atoms with E-state index in [1.165, 1.54) is 4.90 Å². The summed E-state index contributed by atoms with van der Waals surface area (Å²) in [4.78, 5) is 47.4. The van der Waals surface area contributed by atoms with Crippen molar-refractivity contribution >= 4 is 29.0 Å². The van der Waals surface area contributed by atoms with E-state index in [2.05, 4.69) is 4.90 Å². The Morgan fingerprint density at radius 1 is 1.05 bits per heavy atom. The third-order valence-electron chi connectivity index (χ3n) is 8.39. The van der Waals surface area contributed by atoms with Crippen molar-refractivity contribution in [2.75, 3.05) is 50.8 Å².